The van der Waals surface area contributed by atoms with E-state index in [0.717, 1.165) is 28.1 Å². The number of urea groups is 1. The summed E-state index contributed by atoms with van der Waals surface area (Å²) in [6, 6.07) is 11.8. The van der Waals surface area contributed by atoms with Crippen molar-refractivity contribution < 1.29 is 9.53 Å². The molecule has 2 atom stereocenters. The first-order valence-corrected chi connectivity index (χ1v) is 10.4. The van der Waals surface area contributed by atoms with E-state index in [4.69, 9.17) is 16.3 Å². The van der Waals surface area contributed by atoms with E-state index in [-0.39, 0.29) is 18.1 Å². The molecule has 2 unspecified atom stereocenters. The Morgan fingerprint density at radius 1 is 1.22 bits per heavy atom. The van der Waals surface area contributed by atoms with Gasteiger partial charge in [-0.3, -0.25) is 4.90 Å². The lowest BCUT2D eigenvalue weighted by Crippen LogP contribution is -2.42. The molecule has 0 bridgehead atoms. The van der Waals surface area contributed by atoms with E-state index in [1.54, 1.807) is 7.11 Å². The van der Waals surface area contributed by atoms with Gasteiger partial charge in [-0.2, -0.15) is 0 Å². The van der Waals surface area contributed by atoms with Gasteiger partial charge in [-0.05, 0) is 62.7 Å². The van der Waals surface area contributed by atoms with Crippen LogP contribution in [0.1, 0.15) is 42.3 Å². The number of methoxy groups -OCH3 is 1. The van der Waals surface area contributed by atoms with Crippen LogP contribution < -0.4 is 15.4 Å². The summed E-state index contributed by atoms with van der Waals surface area (Å²) in [7, 11) is 1.67. The van der Waals surface area contributed by atoms with Crippen molar-refractivity contribution in [3.05, 3.63) is 51.2 Å². The van der Waals surface area contributed by atoms with Gasteiger partial charge >= 0.3 is 6.03 Å². The molecule has 2 heterocycles. The third-order valence-electron chi connectivity index (χ3n) is 4.91. The number of nitrogens with one attached hydrogen (secondary N) is 2. The van der Waals surface area contributed by atoms with Gasteiger partial charge in [-0.15, -0.1) is 11.3 Å². The molecule has 2 aromatic rings. The van der Waals surface area contributed by atoms with Gasteiger partial charge in [0.15, 0.2) is 0 Å². The molecule has 146 valence electrons. The van der Waals surface area contributed by atoms with Crippen molar-refractivity contribution in [3.8, 4) is 5.75 Å². The zero-order valence-corrected chi connectivity index (χ0v) is 17.3. The van der Waals surface area contributed by atoms with Crippen LogP contribution in [0.15, 0.2) is 36.4 Å². The Morgan fingerprint density at radius 3 is 2.52 bits per heavy atom. The minimum absolute atomic E-state index is 0.0753. The number of amides is 2. The number of ether oxygens (including phenoxy) is 1. The van der Waals surface area contributed by atoms with Crippen LogP contribution in [0.25, 0.3) is 0 Å². The van der Waals surface area contributed by atoms with Gasteiger partial charge in [0.2, 0.25) is 0 Å². The summed E-state index contributed by atoms with van der Waals surface area (Å²) in [5.74, 6) is 0.841. The molecule has 7 heteroatoms. The van der Waals surface area contributed by atoms with Gasteiger partial charge in [0.05, 0.1) is 23.5 Å². The number of hydrogen-bond acceptors (Lipinski definition) is 4. The van der Waals surface area contributed by atoms with Crippen molar-refractivity contribution in [1.29, 1.82) is 0 Å². The van der Waals surface area contributed by atoms with Crippen LogP contribution in [0.4, 0.5) is 4.79 Å². The summed E-state index contributed by atoms with van der Waals surface area (Å²) in [5, 5.41) is 6.03. The van der Waals surface area contributed by atoms with Gasteiger partial charge < -0.3 is 15.4 Å². The maximum absolute atomic E-state index is 12.4. The second-order valence-electron chi connectivity index (χ2n) is 6.75. The molecule has 0 saturated carbocycles. The van der Waals surface area contributed by atoms with Crippen LogP contribution in [0.3, 0.4) is 0 Å². The third-order valence-corrected chi connectivity index (χ3v) is 6.32. The molecule has 0 aliphatic carbocycles. The van der Waals surface area contributed by atoms with Crippen molar-refractivity contribution in [2.24, 2.45) is 0 Å². The third kappa shape index (κ3) is 5.37. The molecule has 0 radical (unpaired) electrons. The normalized spacial score (nSPS) is 16.7. The highest BCUT2D eigenvalue weighted by Gasteiger charge is 2.24. The molecular weight excluding hydrogens is 382 g/mol. The van der Waals surface area contributed by atoms with Crippen molar-refractivity contribution in [3.63, 3.8) is 0 Å². The molecule has 5 nitrogen and oxygen atoms in total. The Balaban J connectivity index is 1.60. The molecule has 1 aliphatic rings. The van der Waals surface area contributed by atoms with E-state index in [2.05, 4.69) is 27.7 Å². The maximum Gasteiger partial charge on any atom is 0.315 e. The fourth-order valence-electron chi connectivity index (χ4n) is 3.41. The van der Waals surface area contributed by atoms with Gasteiger partial charge in [-0.1, -0.05) is 23.7 Å². The van der Waals surface area contributed by atoms with Gasteiger partial charge in [0, 0.05) is 11.4 Å². The topological polar surface area (TPSA) is 53.6 Å². The number of nitrogens with zero attached hydrogens (tertiary/aromatic N) is 1. The lowest BCUT2D eigenvalue weighted by atomic mass is 10.1. The number of carbonyl (C=O) groups excluding carboxylic acids is 1. The van der Waals surface area contributed by atoms with Crippen LogP contribution in [0.2, 0.25) is 4.34 Å². The van der Waals surface area contributed by atoms with Crippen LogP contribution in [0.5, 0.6) is 5.75 Å². The zero-order chi connectivity index (χ0) is 19.2. The van der Waals surface area contributed by atoms with Crippen LogP contribution in [-0.4, -0.2) is 37.7 Å². The maximum atomic E-state index is 12.4. The summed E-state index contributed by atoms with van der Waals surface area (Å²) < 4.78 is 5.99. The molecule has 27 heavy (non-hydrogen) atoms. The van der Waals surface area contributed by atoms with Crippen molar-refractivity contribution >= 4 is 29.0 Å². The van der Waals surface area contributed by atoms with Crippen molar-refractivity contribution in [1.82, 2.24) is 15.5 Å². The Labute approximate surface area is 169 Å². The van der Waals surface area contributed by atoms with Crippen molar-refractivity contribution in [2.45, 2.75) is 31.8 Å². The minimum atomic E-state index is -0.162. The van der Waals surface area contributed by atoms with Gasteiger partial charge in [0.25, 0.3) is 0 Å². The number of benzene rings is 1. The van der Waals surface area contributed by atoms with Crippen molar-refractivity contribution in [2.75, 3.05) is 26.7 Å². The van der Waals surface area contributed by atoms with Crippen LogP contribution >= 0.6 is 22.9 Å². The first-order chi connectivity index (χ1) is 13.1. The second kappa shape index (κ2) is 9.44. The molecule has 1 saturated heterocycles. The average Bonchev–Trinajstić information content (AvgIpc) is 3.34. The summed E-state index contributed by atoms with van der Waals surface area (Å²) in [6.45, 7) is 4.65. The highest BCUT2D eigenvalue weighted by molar-refractivity contribution is 7.16. The summed E-state index contributed by atoms with van der Waals surface area (Å²) in [5.41, 5.74) is 1.19. The van der Waals surface area contributed by atoms with E-state index in [1.165, 1.54) is 29.7 Å². The molecule has 2 amide bonds. The summed E-state index contributed by atoms with van der Waals surface area (Å²) in [4.78, 5) is 15.9. The van der Waals surface area contributed by atoms with Gasteiger partial charge in [-0.25, -0.2) is 4.79 Å². The molecular formula is C20H26ClN3O2S. The minimum Gasteiger partial charge on any atom is -0.497 e. The lowest BCUT2D eigenvalue weighted by molar-refractivity contribution is 0.219. The van der Waals surface area contributed by atoms with Gasteiger partial charge in [0.1, 0.15) is 5.75 Å². The molecule has 2 N–H and O–H groups in total. The number of thiophene rings is 1. The van der Waals surface area contributed by atoms with E-state index < -0.39 is 0 Å². The zero-order valence-electron chi connectivity index (χ0n) is 15.7. The van der Waals surface area contributed by atoms with E-state index in [0.29, 0.717) is 6.54 Å². The number of carbonyl (C=O) groups is 1. The van der Waals surface area contributed by atoms with E-state index >= 15 is 0 Å². The van der Waals surface area contributed by atoms with E-state index in [1.807, 2.05) is 31.2 Å². The Morgan fingerprint density at radius 2 is 1.93 bits per heavy atom. The fraction of sp³-hybridized carbons (Fsp3) is 0.450. The van der Waals surface area contributed by atoms with Crippen LogP contribution in [-0.2, 0) is 0 Å². The highest BCUT2D eigenvalue weighted by Crippen LogP contribution is 2.27. The Bertz CT molecular complexity index is 744. The van der Waals surface area contributed by atoms with E-state index in [9.17, 15) is 4.79 Å². The monoisotopic (exact) mass is 407 g/mol. The molecule has 1 aromatic heterocycles. The SMILES string of the molecule is COc1ccc(C(CNC(=O)NC(C)c2ccc(Cl)s2)N2CCCC2)cc1. The average molecular weight is 408 g/mol. The van der Waals surface area contributed by atoms with Crippen LogP contribution in [0, 0.1) is 0 Å². The molecule has 1 aliphatic heterocycles. The first kappa shape index (κ1) is 20.0. The number of likely N-dealkylation sites (tertiary alicyclic amines) is 1. The number of hydrogen-bond donors (Lipinski definition) is 2. The summed E-state index contributed by atoms with van der Waals surface area (Å²) >= 11 is 7.47. The highest BCUT2D eigenvalue weighted by atomic mass is 35.5. The Hall–Kier alpha value is -1.76. The molecule has 1 aromatic carbocycles. The second-order valence-corrected chi connectivity index (χ2v) is 8.50. The Kier molecular flexibility index (Phi) is 6.99. The predicted octanol–water partition coefficient (Wildman–Crippen LogP) is 4.61. The smallest absolute Gasteiger partial charge is 0.315 e. The summed E-state index contributed by atoms with van der Waals surface area (Å²) in [6.07, 6.45) is 2.41. The molecule has 3 rings (SSSR count). The molecule has 1 fully saturated rings. The number of halogens is 1. The number of rotatable bonds is 7. The fourth-order valence-corrected chi connectivity index (χ4v) is 4.47. The standard InChI is InChI=1S/C20H26ClN3O2S/c1-14(18-9-10-19(21)27-18)23-20(25)22-13-17(24-11-3-4-12-24)15-5-7-16(26-2)8-6-15/h5-10,14,17H,3-4,11-13H2,1-2H3,(H2,22,23,25). The first-order valence-electron chi connectivity index (χ1n) is 9.24. The molecule has 0 spiro atoms. The largest absolute Gasteiger partial charge is 0.497 e. The predicted molar refractivity (Wildman–Crippen MR) is 111 cm³/mol. The lowest BCUT2D eigenvalue weighted by Gasteiger charge is -2.28. The quantitative estimate of drug-likeness (QED) is 0.704.